The molecule has 0 rings (SSSR count). The molecule has 0 radical (unpaired) electrons. The Kier molecular flexibility index (Phi) is 11.9. The molecule has 0 saturated carbocycles. The first kappa shape index (κ1) is 18.7. The molecule has 20 heavy (non-hydrogen) atoms. The molecule has 1 atom stereocenters. The minimum Gasteiger partial charge on any atom is -0.103 e. The number of unbranched alkanes of at least 4 members (excludes halogenated alkanes) is 2. The van der Waals surface area contributed by atoms with Gasteiger partial charge in [-0.15, -0.1) is 6.58 Å². The lowest BCUT2D eigenvalue weighted by molar-refractivity contribution is 0.535. The highest BCUT2D eigenvalue weighted by Gasteiger charge is 2.07. The Morgan fingerprint density at radius 3 is 2.45 bits per heavy atom. The maximum atomic E-state index is 3.85. The maximum absolute atomic E-state index is 3.85. The van der Waals surface area contributed by atoms with E-state index in [2.05, 4.69) is 52.2 Å². The fraction of sp³-hybridized carbons (Fsp3) is 0.500. The van der Waals surface area contributed by atoms with Crippen LogP contribution in [0.2, 0.25) is 0 Å². The summed E-state index contributed by atoms with van der Waals surface area (Å²) in [6, 6.07) is 0. The number of hydrogen-bond acceptors (Lipinski definition) is 0. The number of allylic oxidation sites excluding steroid dienone is 8. The second-order valence-corrected chi connectivity index (χ2v) is 5.60. The lowest BCUT2D eigenvalue weighted by atomic mass is 9.90. The third-order valence-electron chi connectivity index (χ3n) is 3.38. The van der Waals surface area contributed by atoms with Crippen molar-refractivity contribution < 1.29 is 0 Å². The van der Waals surface area contributed by atoms with Gasteiger partial charge in [-0.05, 0) is 58.8 Å². The summed E-state index contributed by atoms with van der Waals surface area (Å²) >= 11 is 0. The van der Waals surface area contributed by atoms with E-state index >= 15 is 0 Å². The zero-order valence-electron chi connectivity index (χ0n) is 13.7. The van der Waals surface area contributed by atoms with Crippen LogP contribution in [0.1, 0.15) is 59.3 Å². The first-order valence-electron chi connectivity index (χ1n) is 7.81. The van der Waals surface area contributed by atoms with Crippen molar-refractivity contribution in [3.8, 4) is 0 Å². The van der Waals surface area contributed by atoms with Crippen LogP contribution in [0.4, 0.5) is 0 Å². The quantitative estimate of drug-likeness (QED) is 0.221. The average Bonchev–Trinajstić information content (AvgIpc) is 2.41. The fourth-order valence-corrected chi connectivity index (χ4v) is 2.42. The van der Waals surface area contributed by atoms with Gasteiger partial charge in [0.1, 0.15) is 0 Å². The molecule has 0 fully saturated rings. The van der Waals surface area contributed by atoms with Gasteiger partial charge >= 0.3 is 0 Å². The highest BCUT2D eigenvalue weighted by atomic mass is 14.1. The summed E-state index contributed by atoms with van der Waals surface area (Å²) in [6.45, 7) is 14.1. The van der Waals surface area contributed by atoms with Gasteiger partial charge in [-0.1, -0.05) is 60.6 Å². The Labute approximate surface area is 126 Å². The monoisotopic (exact) mass is 272 g/mol. The van der Waals surface area contributed by atoms with Crippen molar-refractivity contribution in [3.63, 3.8) is 0 Å². The lowest BCUT2D eigenvalue weighted by Gasteiger charge is -2.15. The molecule has 0 nitrogen and oxygen atoms in total. The molecule has 0 aliphatic carbocycles. The molecule has 0 aromatic carbocycles. The second-order valence-electron chi connectivity index (χ2n) is 5.60. The van der Waals surface area contributed by atoms with Gasteiger partial charge in [-0.3, -0.25) is 0 Å². The van der Waals surface area contributed by atoms with E-state index in [0.29, 0.717) is 5.92 Å². The predicted molar refractivity (Wildman–Crippen MR) is 93.9 cm³/mol. The van der Waals surface area contributed by atoms with Crippen LogP contribution in [0, 0.1) is 5.92 Å². The van der Waals surface area contributed by atoms with Crippen molar-refractivity contribution in [2.45, 2.75) is 59.3 Å². The molecular weight excluding hydrogens is 240 g/mol. The first-order chi connectivity index (χ1) is 9.63. The Balaban J connectivity index is 4.28. The van der Waals surface area contributed by atoms with Crippen LogP contribution >= 0.6 is 0 Å². The van der Waals surface area contributed by atoms with E-state index in [0.717, 1.165) is 12.8 Å². The molecule has 0 aromatic heterocycles. The summed E-state index contributed by atoms with van der Waals surface area (Å²) in [5.74, 6) is 0.675. The smallest absolute Gasteiger partial charge is 0.0141 e. The molecule has 0 N–H and O–H groups in total. The minimum atomic E-state index is 0.675. The molecular formula is C20H32. The maximum Gasteiger partial charge on any atom is -0.0141 e. The Bertz CT molecular complexity index is 348. The first-order valence-corrected chi connectivity index (χ1v) is 7.81. The molecule has 0 bridgehead atoms. The van der Waals surface area contributed by atoms with Crippen LogP contribution in [0.25, 0.3) is 0 Å². The van der Waals surface area contributed by atoms with Crippen molar-refractivity contribution in [1.29, 1.82) is 0 Å². The van der Waals surface area contributed by atoms with E-state index in [1.165, 1.54) is 36.8 Å². The average molecular weight is 272 g/mol. The van der Waals surface area contributed by atoms with Gasteiger partial charge in [0.2, 0.25) is 0 Å². The fourth-order valence-electron chi connectivity index (χ4n) is 2.42. The Hall–Kier alpha value is -1.30. The van der Waals surface area contributed by atoms with Gasteiger partial charge in [0.05, 0.1) is 0 Å². The van der Waals surface area contributed by atoms with Crippen LogP contribution in [0.15, 0.2) is 60.8 Å². The van der Waals surface area contributed by atoms with Crippen molar-refractivity contribution >= 4 is 0 Å². The number of hydrogen-bond donors (Lipinski definition) is 0. The van der Waals surface area contributed by atoms with Crippen molar-refractivity contribution in [1.82, 2.24) is 0 Å². The summed E-state index contributed by atoms with van der Waals surface area (Å²) in [5.41, 5.74) is 2.93. The van der Waals surface area contributed by atoms with E-state index < -0.39 is 0 Å². The zero-order valence-corrected chi connectivity index (χ0v) is 13.7. The van der Waals surface area contributed by atoms with Crippen molar-refractivity contribution in [2.75, 3.05) is 0 Å². The van der Waals surface area contributed by atoms with E-state index in [4.69, 9.17) is 0 Å². The van der Waals surface area contributed by atoms with Crippen LogP contribution in [-0.2, 0) is 0 Å². The highest BCUT2D eigenvalue weighted by Crippen LogP contribution is 2.23. The summed E-state index contributed by atoms with van der Waals surface area (Å²) < 4.78 is 0. The van der Waals surface area contributed by atoms with Gasteiger partial charge in [-0.2, -0.15) is 0 Å². The molecule has 0 heterocycles. The predicted octanol–water partition coefficient (Wildman–Crippen LogP) is 6.78. The van der Waals surface area contributed by atoms with E-state index in [9.17, 15) is 0 Å². The lowest BCUT2D eigenvalue weighted by Crippen LogP contribution is -2.00. The van der Waals surface area contributed by atoms with Gasteiger partial charge in [0.15, 0.2) is 0 Å². The molecule has 0 saturated heterocycles. The van der Waals surface area contributed by atoms with Gasteiger partial charge in [-0.25, -0.2) is 0 Å². The molecule has 1 unspecified atom stereocenters. The number of rotatable bonds is 11. The van der Waals surface area contributed by atoms with Crippen LogP contribution in [0.5, 0.6) is 0 Å². The third-order valence-corrected chi connectivity index (χ3v) is 3.38. The van der Waals surface area contributed by atoms with Crippen molar-refractivity contribution in [2.24, 2.45) is 5.92 Å². The summed E-state index contributed by atoms with van der Waals surface area (Å²) in [7, 11) is 0. The van der Waals surface area contributed by atoms with Crippen LogP contribution < -0.4 is 0 Å². The second kappa shape index (κ2) is 12.7. The third kappa shape index (κ3) is 10.6. The standard InChI is InChI=1S/C20H32/c1-6-9-10-11-12-13-15-20(16-18(4)5)17-19(8-3)14-7-2/h6-10,16,20H,1-2,11-15,17H2,3-5H3. The normalized spacial score (nSPS) is 13.2. The topological polar surface area (TPSA) is 0 Å². The van der Waals surface area contributed by atoms with Gasteiger partial charge < -0.3 is 0 Å². The summed E-state index contributed by atoms with van der Waals surface area (Å²) in [4.78, 5) is 0. The SMILES string of the molecule is C=CC=CCCCCC(C=C(C)C)CC(=CC)CC=C. The van der Waals surface area contributed by atoms with Crippen molar-refractivity contribution in [3.05, 3.63) is 60.8 Å². The largest absolute Gasteiger partial charge is 0.103 e. The molecule has 0 spiro atoms. The molecule has 0 aliphatic rings. The minimum absolute atomic E-state index is 0.675. The zero-order chi connectivity index (χ0) is 15.2. The van der Waals surface area contributed by atoms with Crippen LogP contribution in [-0.4, -0.2) is 0 Å². The highest BCUT2D eigenvalue weighted by molar-refractivity contribution is 5.09. The van der Waals surface area contributed by atoms with Gasteiger partial charge in [0.25, 0.3) is 0 Å². The Morgan fingerprint density at radius 2 is 1.90 bits per heavy atom. The molecule has 0 amide bonds. The van der Waals surface area contributed by atoms with E-state index in [1.54, 1.807) is 0 Å². The Morgan fingerprint density at radius 1 is 1.15 bits per heavy atom. The molecule has 0 aliphatic heterocycles. The summed E-state index contributed by atoms with van der Waals surface area (Å²) in [6.07, 6.45) is 20.0. The molecule has 112 valence electrons. The molecule has 0 heteroatoms. The summed E-state index contributed by atoms with van der Waals surface area (Å²) in [5, 5.41) is 0. The molecule has 0 aromatic rings. The van der Waals surface area contributed by atoms with E-state index in [1.807, 2.05) is 18.2 Å². The van der Waals surface area contributed by atoms with Gasteiger partial charge in [0, 0.05) is 0 Å². The van der Waals surface area contributed by atoms with Crippen LogP contribution in [0.3, 0.4) is 0 Å². The van der Waals surface area contributed by atoms with E-state index in [-0.39, 0.29) is 0 Å².